The molecule has 1 N–H and O–H groups in total. The van der Waals surface area contributed by atoms with E-state index in [0.717, 1.165) is 0 Å². The molecule has 2 aromatic carbocycles. The lowest BCUT2D eigenvalue weighted by Gasteiger charge is -2.42. The van der Waals surface area contributed by atoms with Crippen LogP contribution in [0.2, 0.25) is 0 Å². The van der Waals surface area contributed by atoms with E-state index in [2.05, 4.69) is 0 Å². The normalized spacial score (nSPS) is 21.6. The first-order chi connectivity index (χ1) is 17.0. The van der Waals surface area contributed by atoms with E-state index in [1.54, 1.807) is 44.2 Å². The zero-order chi connectivity index (χ0) is 25.4. The lowest BCUT2D eigenvalue weighted by molar-refractivity contribution is -0.110. The minimum absolute atomic E-state index is 0.298. The van der Waals surface area contributed by atoms with E-state index in [0.29, 0.717) is 50.3 Å². The van der Waals surface area contributed by atoms with Gasteiger partial charge >= 0.3 is 11.3 Å². The van der Waals surface area contributed by atoms with Crippen LogP contribution >= 0.6 is 0 Å². The van der Waals surface area contributed by atoms with Crippen LogP contribution in [0.1, 0.15) is 44.9 Å². The highest BCUT2D eigenvalue weighted by Gasteiger charge is 2.47. The summed E-state index contributed by atoms with van der Waals surface area (Å²) in [7, 11) is 0. The van der Waals surface area contributed by atoms with Crippen molar-refractivity contribution < 1.29 is 28.2 Å². The molecule has 8 heteroatoms. The van der Waals surface area contributed by atoms with Crippen molar-refractivity contribution in [1.29, 1.82) is 0 Å². The predicted molar refractivity (Wildman–Crippen MR) is 132 cm³/mol. The third-order valence-electron chi connectivity index (χ3n) is 6.54. The fraction of sp³-hybridized carbons (Fsp3) is 0.286. The standard InChI is InChI=1S/C28H24O8/c1-27(2)13-20(16-11-15-7-10-21(29)32-18(15)12-19(16)35-27)33-25-23-17(36-28(3,4)26(25)31)8-5-14-6-9-22(30)34-24(14)23/h5-13,25-26,31H,1-4H3/t25-,26-/m0/s1. The molecule has 4 heterocycles. The molecule has 0 fully saturated rings. The van der Waals surface area contributed by atoms with Gasteiger partial charge in [0.05, 0.1) is 11.1 Å². The fourth-order valence-corrected chi connectivity index (χ4v) is 4.80. The molecule has 2 atom stereocenters. The van der Waals surface area contributed by atoms with Gasteiger partial charge in [-0.1, -0.05) is 0 Å². The number of hydrogen-bond acceptors (Lipinski definition) is 8. The van der Waals surface area contributed by atoms with Gasteiger partial charge in [0, 0.05) is 35.0 Å². The van der Waals surface area contributed by atoms with Crippen LogP contribution in [0.25, 0.3) is 27.7 Å². The van der Waals surface area contributed by atoms with E-state index in [4.69, 9.17) is 23.0 Å². The Balaban J connectivity index is 1.54. The molecule has 0 saturated carbocycles. The average molecular weight is 488 g/mol. The minimum Gasteiger partial charge on any atom is -0.484 e. The van der Waals surface area contributed by atoms with E-state index in [1.807, 2.05) is 26.0 Å². The summed E-state index contributed by atoms with van der Waals surface area (Å²) in [6, 6.07) is 13.1. The van der Waals surface area contributed by atoms with Crippen LogP contribution < -0.4 is 20.7 Å². The van der Waals surface area contributed by atoms with Crippen molar-refractivity contribution in [2.45, 2.75) is 51.1 Å². The van der Waals surface area contributed by atoms with Crippen molar-refractivity contribution in [2.75, 3.05) is 0 Å². The Morgan fingerprint density at radius 3 is 2.31 bits per heavy atom. The van der Waals surface area contributed by atoms with Crippen molar-refractivity contribution in [3.05, 3.63) is 86.6 Å². The van der Waals surface area contributed by atoms with Gasteiger partial charge in [0.15, 0.2) is 6.10 Å². The summed E-state index contributed by atoms with van der Waals surface area (Å²) in [5.74, 6) is 1.41. The van der Waals surface area contributed by atoms with E-state index in [9.17, 15) is 14.7 Å². The van der Waals surface area contributed by atoms with Crippen molar-refractivity contribution in [3.8, 4) is 11.5 Å². The van der Waals surface area contributed by atoms with Gasteiger partial charge in [0.1, 0.15) is 45.7 Å². The first kappa shape index (κ1) is 22.4. The molecule has 2 aromatic heterocycles. The molecule has 2 aliphatic rings. The maximum atomic E-state index is 12.1. The van der Waals surface area contributed by atoms with Crippen molar-refractivity contribution in [3.63, 3.8) is 0 Å². The molecule has 184 valence electrons. The zero-order valence-electron chi connectivity index (χ0n) is 20.2. The Bertz CT molecular complexity index is 1690. The number of fused-ring (bicyclic) bond motifs is 5. The summed E-state index contributed by atoms with van der Waals surface area (Å²) in [5.41, 5.74) is -0.940. The number of aliphatic hydroxyl groups excluding tert-OH is 1. The molecule has 0 saturated heterocycles. The Morgan fingerprint density at radius 1 is 0.833 bits per heavy atom. The van der Waals surface area contributed by atoms with Crippen LogP contribution in [-0.2, 0) is 4.74 Å². The molecule has 0 unspecified atom stereocenters. The molecule has 0 spiro atoms. The Kier molecular flexibility index (Phi) is 4.66. The number of benzene rings is 2. The van der Waals surface area contributed by atoms with E-state index < -0.39 is 34.7 Å². The highest BCUT2D eigenvalue weighted by molar-refractivity contribution is 5.86. The highest BCUT2D eigenvalue weighted by Crippen LogP contribution is 2.48. The van der Waals surface area contributed by atoms with Crippen LogP contribution in [0.5, 0.6) is 11.5 Å². The lowest BCUT2D eigenvalue weighted by Crippen LogP contribution is -2.49. The van der Waals surface area contributed by atoms with Gasteiger partial charge in [-0.2, -0.15) is 0 Å². The molecule has 4 aromatic rings. The van der Waals surface area contributed by atoms with Crippen molar-refractivity contribution >= 4 is 27.7 Å². The molecule has 0 amide bonds. The Hall–Kier alpha value is -4.04. The zero-order valence-corrected chi connectivity index (χ0v) is 20.2. The lowest BCUT2D eigenvalue weighted by atomic mass is 9.87. The fourth-order valence-electron chi connectivity index (χ4n) is 4.80. The molecular formula is C28H24O8. The van der Waals surface area contributed by atoms with Crippen LogP contribution in [0.15, 0.2) is 73.0 Å². The molecule has 0 bridgehead atoms. The third-order valence-corrected chi connectivity index (χ3v) is 6.54. The summed E-state index contributed by atoms with van der Waals surface area (Å²) in [6.45, 7) is 7.29. The van der Waals surface area contributed by atoms with Crippen LogP contribution in [0.3, 0.4) is 0 Å². The molecule has 0 radical (unpaired) electrons. The molecule has 2 aliphatic heterocycles. The molecular weight excluding hydrogens is 464 g/mol. The van der Waals surface area contributed by atoms with Gasteiger partial charge in [-0.05, 0) is 58.0 Å². The van der Waals surface area contributed by atoms with Crippen LogP contribution in [-0.4, -0.2) is 22.4 Å². The minimum atomic E-state index is -1.10. The van der Waals surface area contributed by atoms with Gasteiger partial charge in [-0.3, -0.25) is 0 Å². The molecule has 6 rings (SSSR count). The quantitative estimate of drug-likeness (QED) is 0.405. The second-order valence-electron chi connectivity index (χ2n) is 10.2. The first-order valence-electron chi connectivity index (χ1n) is 11.6. The molecule has 8 nitrogen and oxygen atoms in total. The largest absolute Gasteiger partial charge is 0.484 e. The second kappa shape index (κ2) is 7.48. The monoisotopic (exact) mass is 488 g/mol. The predicted octanol–water partition coefficient (Wildman–Crippen LogP) is 4.70. The Morgan fingerprint density at radius 2 is 1.53 bits per heavy atom. The van der Waals surface area contributed by atoms with Gasteiger partial charge in [0.2, 0.25) is 0 Å². The SMILES string of the molecule is CC1(C)C=C(O[C@H]2c3c(ccc4ccc(=O)oc34)OC(C)(C)[C@H]2O)c2cc3ccc(=O)oc3cc2O1. The summed E-state index contributed by atoms with van der Waals surface area (Å²) < 4.78 is 29.7. The highest BCUT2D eigenvalue weighted by atomic mass is 16.6. The number of aliphatic hydroxyl groups is 1. The second-order valence-corrected chi connectivity index (χ2v) is 10.2. The van der Waals surface area contributed by atoms with Crippen LogP contribution in [0.4, 0.5) is 0 Å². The first-order valence-corrected chi connectivity index (χ1v) is 11.6. The van der Waals surface area contributed by atoms with Gasteiger partial charge < -0.3 is 28.2 Å². The summed E-state index contributed by atoms with van der Waals surface area (Å²) >= 11 is 0. The maximum Gasteiger partial charge on any atom is 0.336 e. The van der Waals surface area contributed by atoms with Gasteiger partial charge in [-0.15, -0.1) is 0 Å². The van der Waals surface area contributed by atoms with E-state index in [-0.39, 0.29) is 0 Å². The van der Waals surface area contributed by atoms with Gasteiger partial charge in [0.25, 0.3) is 0 Å². The van der Waals surface area contributed by atoms with Crippen molar-refractivity contribution in [1.82, 2.24) is 0 Å². The van der Waals surface area contributed by atoms with Gasteiger partial charge in [-0.25, -0.2) is 9.59 Å². The maximum absolute atomic E-state index is 12.1. The number of rotatable bonds is 2. The summed E-state index contributed by atoms with van der Waals surface area (Å²) in [6.07, 6.45) is -0.193. The smallest absolute Gasteiger partial charge is 0.336 e. The third kappa shape index (κ3) is 3.56. The topological polar surface area (TPSA) is 108 Å². The Labute approximate surface area is 205 Å². The summed E-state index contributed by atoms with van der Waals surface area (Å²) in [4.78, 5) is 23.8. The molecule has 0 aliphatic carbocycles. The molecule has 36 heavy (non-hydrogen) atoms. The van der Waals surface area contributed by atoms with E-state index in [1.165, 1.54) is 12.1 Å². The van der Waals surface area contributed by atoms with Crippen LogP contribution in [0, 0.1) is 0 Å². The van der Waals surface area contributed by atoms with Crippen molar-refractivity contribution in [2.24, 2.45) is 0 Å². The summed E-state index contributed by atoms with van der Waals surface area (Å²) in [5, 5.41) is 12.8. The average Bonchev–Trinajstić information content (AvgIpc) is 2.79. The number of hydrogen-bond donors (Lipinski definition) is 1. The number of ether oxygens (including phenoxy) is 3. The van der Waals surface area contributed by atoms with E-state index >= 15 is 0 Å².